The lowest BCUT2D eigenvalue weighted by molar-refractivity contribution is -0.0585. The lowest BCUT2D eigenvalue weighted by Gasteiger charge is -2.20. The van der Waals surface area contributed by atoms with Gasteiger partial charge in [0.15, 0.2) is 6.23 Å². The summed E-state index contributed by atoms with van der Waals surface area (Å²) >= 11 is 0. The molecule has 0 spiro atoms. The summed E-state index contributed by atoms with van der Waals surface area (Å²) in [6.07, 6.45) is -4.64. The van der Waals surface area contributed by atoms with Crippen LogP contribution in [0, 0.1) is 0 Å². The van der Waals surface area contributed by atoms with Gasteiger partial charge in [-0.25, -0.2) is 4.79 Å². The van der Waals surface area contributed by atoms with E-state index < -0.39 is 50.8 Å². The third-order valence-electron chi connectivity index (χ3n) is 3.05. The minimum absolute atomic E-state index is 0.0123. The number of ether oxygens (including phenoxy) is 2. The van der Waals surface area contributed by atoms with Crippen molar-refractivity contribution >= 4 is 13.4 Å². The topological polar surface area (TPSA) is 177 Å². The SMILES string of the molecule is Nc1ccn([C@@H]2O[C@H](CO)[C@H](OCP(=O)(O)O)[C@H]2O)c(=O)n1. The lowest BCUT2D eigenvalue weighted by atomic mass is 10.1. The van der Waals surface area contributed by atoms with Crippen LogP contribution in [0.25, 0.3) is 0 Å². The number of nitrogens with zero attached hydrogens (tertiary/aromatic N) is 2. The van der Waals surface area contributed by atoms with Crippen molar-refractivity contribution < 1.29 is 34.0 Å². The van der Waals surface area contributed by atoms with Gasteiger partial charge in [-0.3, -0.25) is 9.13 Å². The molecular formula is C10H16N3O8P. The van der Waals surface area contributed by atoms with Gasteiger partial charge in [0, 0.05) is 6.20 Å². The van der Waals surface area contributed by atoms with Gasteiger partial charge in [-0.15, -0.1) is 0 Å². The molecule has 0 radical (unpaired) electrons. The molecule has 0 bridgehead atoms. The van der Waals surface area contributed by atoms with E-state index in [4.69, 9.17) is 25.0 Å². The highest BCUT2D eigenvalue weighted by Crippen LogP contribution is 2.37. The van der Waals surface area contributed by atoms with E-state index in [9.17, 15) is 19.6 Å². The second-order valence-corrected chi connectivity index (χ2v) is 6.29. The van der Waals surface area contributed by atoms with Crippen LogP contribution in [0.2, 0.25) is 0 Å². The summed E-state index contributed by atoms with van der Waals surface area (Å²) in [5.74, 6) is -0.0123. The molecule has 12 heteroatoms. The maximum atomic E-state index is 11.7. The van der Waals surface area contributed by atoms with Crippen LogP contribution < -0.4 is 11.4 Å². The summed E-state index contributed by atoms with van der Waals surface area (Å²) in [4.78, 5) is 32.8. The van der Waals surface area contributed by atoms with E-state index in [1.165, 1.54) is 12.3 Å². The molecule has 124 valence electrons. The van der Waals surface area contributed by atoms with Crippen LogP contribution in [0.1, 0.15) is 6.23 Å². The fraction of sp³-hybridized carbons (Fsp3) is 0.600. The maximum absolute atomic E-state index is 11.7. The maximum Gasteiger partial charge on any atom is 0.351 e. The third-order valence-corrected chi connectivity index (χ3v) is 3.54. The van der Waals surface area contributed by atoms with Crippen molar-refractivity contribution in [2.45, 2.75) is 24.5 Å². The van der Waals surface area contributed by atoms with E-state index in [2.05, 4.69) is 4.98 Å². The zero-order chi connectivity index (χ0) is 16.5. The summed E-state index contributed by atoms with van der Waals surface area (Å²) in [5, 5.41) is 19.4. The van der Waals surface area contributed by atoms with Gasteiger partial charge >= 0.3 is 13.3 Å². The number of nitrogen functional groups attached to an aromatic ring is 1. The van der Waals surface area contributed by atoms with Gasteiger partial charge in [-0.05, 0) is 6.07 Å². The average molecular weight is 337 g/mol. The Morgan fingerprint density at radius 1 is 1.50 bits per heavy atom. The van der Waals surface area contributed by atoms with Crippen molar-refractivity contribution in [2.24, 2.45) is 0 Å². The molecule has 2 heterocycles. The molecule has 0 aromatic carbocycles. The second kappa shape index (κ2) is 6.42. The van der Waals surface area contributed by atoms with Gasteiger partial charge in [0.05, 0.1) is 6.61 Å². The van der Waals surface area contributed by atoms with Gasteiger partial charge in [-0.1, -0.05) is 0 Å². The predicted molar refractivity (Wildman–Crippen MR) is 71.7 cm³/mol. The Morgan fingerprint density at radius 3 is 2.73 bits per heavy atom. The Bertz CT molecular complexity index is 631. The lowest BCUT2D eigenvalue weighted by Crippen LogP contribution is -2.38. The predicted octanol–water partition coefficient (Wildman–Crippen LogP) is -2.40. The zero-order valence-electron chi connectivity index (χ0n) is 11.2. The van der Waals surface area contributed by atoms with Gasteiger partial charge in [0.2, 0.25) is 0 Å². The molecule has 1 aromatic rings. The minimum atomic E-state index is -4.46. The normalized spacial score (nSPS) is 28.9. The molecule has 1 fully saturated rings. The van der Waals surface area contributed by atoms with Crippen molar-refractivity contribution in [3.8, 4) is 0 Å². The molecule has 1 aromatic heterocycles. The molecule has 0 saturated carbocycles. The van der Waals surface area contributed by atoms with Crippen LogP contribution in [0.4, 0.5) is 5.82 Å². The first kappa shape index (κ1) is 17.0. The number of anilines is 1. The number of hydrogen-bond donors (Lipinski definition) is 5. The standard InChI is InChI=1S/C10H16N3O8P/c11-6-1-2-13(10(16)12-6)9-7(15)8(5(3-14)21-9)20-4-22(17,18)19/h1-2,5,7-9,14-15H,3-4H2,(H2,11,12,16)(H2,17,18,19)/t5-,7-,8+,9-/m1/s1. The largest absolute Gasteiger partial charge is 0.394 e. The van der Waals surface area contributed by atoms with Gasteiger partial charge in [-0.2, -0.15) is 4.98 Å². The first-order valence-electron chi connectivity index (χ1n) is 6.18. The molecule has 22 heavy (non-hydrogen) atoms. The number of rotatable bonds is 5. The highest BCUT2D eigenvalue weighted by Gasteiger charge is 2.46. The van der Waals surface area contributed by atoms with E-state index >= 15 is 0 Å². The average Bonchev–Trinajstić information content (AvgIpc) is 2.72. The van der Waals surface area contributed by atoms with E-state index in [-0.39, 0.29) is 5.82 Å². The Morgan fingerprint density at radius 2 is 2.18 bits per heavy atom. The molecule has 1 aliphatic heterocycles. The molecule has 0 unspecified atom stereocenters. The highest BCUT2D eigenvalue weighted by atomic mass is 31.2. The molecular weight excluding hydrogens is 321 g/mol. The summed E-state index contributed by atoms with van der Waals surface area (Å²) < 4.78 is 22.0. The van der Waals surface area contributed by atoms with E-state index in [1.54, 1.807) is 0 Å². The van der Waals surface area contributed by atoms with Crippen LogP contribution >= 0.6 is 7.60 Å². The Labute approximate surface area is 124 Å². The number of aliphatic hydroxyl groups is 2. The fourth-order valence-electron chi connectivity index (χ4n) is 2.10. The smallest absolute Gasteiger partial charge is 0.351 e. The quantitative estimate of drug-likeness (QED) is 0.364. The Hall–Kier alpha value is -1.33. The van der Waals surface area contributed by atoms with Crippen LogP contribution in [0.3, 0.4) is 0 Å². The third kappa shape index (κ3) is 3.70. The molecule has 2 rings (SSSR count). The molecule has 1 aliphatic rings. The van der Waals surface area contributed by atoms with Crippen LogP contribution in [0.5, 0.6) is 0 Å². The van der Waals surface area contributed by atoms with E-state index in [0.29, 0.717) is 0 Å². The number of nitrogens with two attached hydrogens (primary N) is 1. The number of hydrogen-bond acceptors (Lipinski definition) is 8. The van der Waals surface area contributed by atoms with Crippen molar-refractivity contribution in [3.05, 3.63) is 22.7 Å². The van der Waals surface area contributed by atoms with Crippen LogP contribution in [-0.4, -0.2) is 60.8 Å². The summed E-state index contributed by atoms with van der Waals surface area (Å²) in [5.41, 5.74) is 4.58. The van der Waals surface area contributed by atoms with Crippen molar-refractivity contribution in [3.63, 3.8) is 0 Å². The molecule has 4 atom stereocenters. The number of aromatic nitrogens is 2. The fourth-order valence-corrected chi connectivity index (χ4v) is 2.47. The zero-order valence-corrected chi connectivity index (χ0v) is 12.1. The highest BCUT2D eigenvalue weighted by molar-refractivity contribution is 7.51. The van der Waals surface area contributed by atoms with Crippen molar-refractivity contribution in [2.75, 3.05) is 18.7 Å². The summed E-state index contributed by atoms with van der Waals surface area (Å²) in [6.45, 7) is -0.573. The monoisotopic (exact) mass is 337 g/mol. The number of aliphatic hydroxyl groups excluding tert-OH is 2. The molecule has 1 saturated heterocycles. The van der Waals surface area contributed by atoms with Crippen LogP contribution in [0.15, 0.2) is 17.1 Å². The Balaban J connectivity index is 2.21. The molecule has 0 aliphatic carbocycles. The Kier molecular flexibility index (Phi) is 4.97. The second-order valence-electron chi connectivity index (χ2n) is 4.71. The summed E-state index contributed by atoms with van der Waals surface area (Å²) in [6, 6.07) is 1.31. The first-order chi connectivity index (χ1) is 10.2. The van der Waals surface area contributed by atoms with E-state index in [0.717, 1.165) is 4.57 Å². The molecule has 0 amide bonds. The molecule has 11 nitrogen and oxygen atoms in total. The van der Waals surface area contributed by atoms with Gasteiger partial charge in [0.25, 0.3) is 0 Å². The molecule has 6 N–H and O–H groups in total. The van der Waals surface area contributed by atoms with E-state index in [1.807, 2.05) is 0 Å². The van der Waals surface area contributed by atoms with Crippen molar-refractivity contribution in [1.82, 2.24) is 9.55 Å². The summed E-state index contributed by atoms with van der Waals surface area (Å²) in [7, 11) is -4.46. The van der Waals surface area contributed by atoms with Gasteiger partial charge < -0.3 is 35.2 Å². The van der Waals surface area contributed by atoms with Crippen LogP contribution in [-0.2, 0) is 14.0 Å². The first-order valence-corrected chi connectivity index (χ1v) is 7.98. The van der Waals surface area contributed by atoms with Crippen molar-refractivity contribution in [1.29, 1.82) is 0 Å². The van der Waals surface area contributed by atoms with Gasteiger partial charge in [0.1, 0.15) is 30.5 Å². The minimum Gasteiger partial charge on any atom is -0.394 e.